The number of aryl methyl sites for hydroxylation is 1. The molecule has 1 unspecified atom stereocenters. The molecule has 0 heterocycles. The molecule has 0 radical (unpaired) electrons. The van der Waals surface area contributed by atoms with Gasteiger partial charge in [0, 0.05) is 15.8 Å². The molecular formula is C18H30ClN3O2S. The van der Waals surface area contributed by atoms with Crippen LogP contribution in [0.2, 0.25) is 0 Å². The number of hydrogen-bond donors (Lipinski definition) is 3. The highest BCUT2D eigenvalue weighted by Gasteiger charge is 2.17. The lowest BCUT2D eigenvalue weighted by Gasteiger charge is -2.16. The van der Waals surface area contributed by atoms with Gasteiger partial charge in [0.05, 0.1) is 12.6 Å². The Bertz CT molecular complexity index is 581. The van der Waals surface area contributed by atoms with Crippen LogP contribution in [0.3, 0.4) is 0 Å². The van der Waals surface area contributed by atoms with E-state index >= 15 is 0 Å². The first-order chi connectivity index (χ1) is 11.2. The first-order valence-corrected chi connectivity index (χ1v) is 9.23. The average molecular weight is 388 g/mol. The highest BCUT2D eigenvalue weighted by Crippen LogP contribution is 2.28. The molecule has 0 aromatic heterocycles. The van der Waals surface area contributed by atoms with Crippen molar-refractivity contribution < 1.29 is 9.59 Å². The van der Waals surface area contributed by atoms with Gasteiger partial charge >= 0.3 is 0 Å². The smallest absolute Gasteiger partial charge is 0.243 e. The molecule has 0 aliphatic rings. The van der Waals surface area contributed by atoms with Gasteiger partial charge in [-0.2, -0.15) is 0 Å². The van der Waals surface area contributed by atoms with Gasteiger partial charge in [0.1, 0.15) is 0 Å². The maximum atomic E-state index is 12.0. The minimum absolute atomic E-state index is 0. The number of thioether (sulfide) groups is 1. The third-order valence-electron chi connectivity index (χ3n) is 3.83. The lowest BCUT2D eigenvalue weighted by atomic mass is 10.1. The minimum atomic E-state index is -0.601. The van der Waals surface area contributed by atoms with Crippen molar-refractivity contribution in [2.45, 2.75) is 57.2 Å². The predicted octanol–water partition coefficient (Wildman–Crippen LogP) is 3.35. The summed E-state index contributed by atoms with van der Waals surface area (Å²) in [6, 6.07) is 5.38. The zero-order valence-electron chi connectivity index (χ0n) is 15.6. The Morgan fingerprint density at radius 3 is 2.40 bits per heavy atom. The van der Waals surface area contributed by atoms with E-state index in [9.17, 15) is 9.59 Å². The van der Waals surface area contributed by atoms with Crippen LogP contribution in [0.4, 0.5) is 5.69 Å². The number of rotatable bonds is 8. The summed E-state index contributed by atoms with van der Waals surface area (Å²) in [5, 5.41) is 5.95. The summed E-state index contributed by atoms with van der Waals surface area (Å²) >= 11 is 1.82. The molecule has 0 aliphatic carbocycles. The van der Waals surface area contributed by atoms with E-state index in [4.69, 9.17) is 5.73 Å². The summed E-state index contributed by atoms with van der Waals surface area (Å²) in [4.78, 5) is 25.0. The van der Waals surface area contributed by atoms with E-state index in [0.29, 0.717) is 5.25 Å². The van der Waals surface area contributed by atoms with E-state index in [1.807, 2.05) is 44.7 Å². The molecular weight excluding hydrogens is 358 g/mol. The van der Waals surface area contributed by atoms with Gasteiger partial charge in [-0.15, -0.1) is 24.2 Å². The van der Waals surface area contributed by atoms with Crippen molar-refractivity contribution in [3.05, 3.63) is 23.8 Å². The molecule has 0 saturated carbocycles. The molecule has 0 saturated heterocycles. The molecule has 1 aromatic rings. The molecule has 4 N–H and O–H groups in total. The molecule has 7 heteroatoms. The number of amides is 2. The second kappa shape index (κ2) is 11.4. The SMILES string of the molecule is CCC(C)Sc1ccc(NC(=O)CNC(=O)[C@@H](N)C(C)C)c(C)c1.Cl. The Morgan fingerprint density at radius 2 is 1.88 bits per heavy atom. The molecule has 0 bridgehead atoms. The molecule has 1 aromatic carbocycles. The van der Waals surface area contributed by atoms with Crippen LogP contribution >= 0.6 is 24.2 Å². The lowest BCUT2D eigenvalue weighted by Crippen LogP contribution is -2.46. The average Bonchev–Trinajstić information content (AvgIpc) is 2.54. The van der Waals surface area contributed by atoms with Crippen LogP contribution in [0.5, 0.6) is 0 Å². The molecule has 2 amide bonds. The first kappa shape index (κ1) is 23.8. The number of halogens is 1. The highest BCUT2D eigenvalue weighted by atomic mass is 35.5. The fraction of sp³-hybridized carbons (Fsp3) is 0.556. The summed E-state index contributed by atoms with van der Waals surface area (Å²) in [7, 11) is 0. The van der Waals surface area contributed by atoms with Crippen LogP contribution in [0, 0.1) is 12.8 Å². The number of anilines is 1. The van der Waals surface area contributed by atoms with Crippen LogP contribution in [-0.4, -0.2) is 29.7 Å². The second-order valence-corrected chi connectivity index (χ2v) is 7.86. The zero-order valence-corrected chi connectivity index (χ0v) is 17.2. The summed E-state index contributed by atoms with van der Waals surface area (Å²) in [6.07, 6.45) is 1.11. The Balaban J connectivity index is 0.00000576. The Kier molecular flexibility index (Phi) is 10.8. The largest absolute Gasteiger partial charge is 0.346 e. The predicted molar refractivity (Wildman–Crippen MR) is 108 cm³/mol. The number of benzene rings is 1. The molecule has 142 valence electrons. The van der Waals surface area contributed by atoms with Crippen LogP contribution in [0.1, 0.15) is 39.7 Å². The van der Waals surface area contributed by atoms with Gasteiger partial charge in [-0.1, -0.05) is 27.7 Å². The number of hydrogen-bond acceptors (Lipinski definition) is 4. The Labute approximate surface area is 161 Å². The van der Waals surface area contributed by atoms with Gasteiger partial charge in [-0.25, -0.2) is 0 Å². The third kappa shape index (κ3) is 8.12. The molecule has 5 nitrogen and oxygen atoms in total. The summed E-state index contributed by atoms with van der Waals surface area (Å²) < 4.78 is 0. The number of nitrogens with one attached hydrogen (secondary N) is 2. The minimum Gasteiger partial charge on any atom is -0.346 e. The fourth-order valence-electron chi connectivity index (χ4n) is 1.95. The standard InChI is InChI=1S/C18H29N3O2S.ClH/c1-6-13(5)24-14-7-8-15(12(4)9-14)21-16(22)10-20-18(23)17(19)11(2)3;/h7-9,11,13,17H,6,10,19H2,1-5H3,(H,20,23)(H,21,22);1H/t13?,17-;/m0./s1. The van der Waals surface area contributed by atoms with Crippen LogP contribution in [0.25, 0.3) is 0 Å². The van der Waals surface area contributed by atoms with Crippen molar-refractivity contribution in [3.8, 4) is 0 Å². The number of nitrogens with two attached hydrogens (primary N) is 1. The third-order valence-corrected chi connectivity index (χ3v) is 5.09. The zero-order chi connectivity index (χ0) is 18.3. The van der Waals surface area contributed by atoms with Crippen LogP contribution in [0.15, 0.2) is 23.1 Å². The van der Waals surface area contributed by atoms with E-state index in [-0.39, 0.29) is 36.7 Å². The quantitative estimate of drug-likeness (QED) is 0.597. The molecule has 25 heavy (non-hydrogen) atoms. The lowest BCUT2D eigenvalue weighted by molar-refractivity contribution is -0.125. The summed E-state index contributed by atoms with van der Waals surface area (Å²) in [6.45, 7) is 9.98. The monoisotopic (exact) mass is 387 g/mol. The Hall–Kier alpha value is -1.24. The normalized spacial score (nSPS) is 12.9. The maximum absolute atomic E-state index is 12.0. The van der Waals surface area contributed by atoms with Crippen molar-refractivity contribution in [1.29, 1.82) is 0 Å². The van der Waals surface area contributed by atoms with Gasteiger partial charge in [-0.05, 0) is 43.0 Å². The molecule has 2 atom stereocenters. The summed E-state index contributed by atoms with van der Waals surface area (Å²) in [5.41, 5.74) is 7.51. The van der Waals surface area contributed by atoms with Crippen LogP contribution in [-0.2, 0) is 9.59 Å². The van der Waals surface area contributed by atoms with Crippen LogP contribution < -0.4 is 16.4 Å². The van der Waals surface area contributed by atoms with Gasteiger partial charge < -0.3 is 16.4 Å². The van der Waals surface area contributed by atoms with E-state index < -0.39 is 6.04 Å². The van der Waals surface area contributed by atoms with Crippen molar-refractivity contribution in [3.63, 3.8) is 0 Å². The van der Waals surface area contributed by atoms with Gasteiger partial charge in [0.15, 0.2) is 0 Å². The van der Waals surface area contributed by atoms with Gasteiger partial charge in [0.2, 0.25) is 11.8 Å². The van der Waals surface area contributed by atoms with Crippen molar-refractivity contribution in [2.75, 3.05) is 11.9 Å². The van der Waals surface area contributed by atoms with Gasteiger partial charge in [0.25, 0.3) is 0 Å². The first-order valence-electron chi connectivity index (χ1n) is 8.35. The molecule has 0 spiro atoms. The molecule has 1 rings (SSSR count). The molecule has 0 fully saturated rings. The highest BCUT2D eigenvalue weighted by molar-refractivity contribution is 7.99. The van der Waals surface area contributed by atoms with E-state index in [1.165, 1.54) is 4.90 Å². The fourth-order valence-corrected chi connectivity index (χ4v) is 2.97. The van der Waals surface area contributed by atoms with E-state index in [1.54, 1.807) is 0 Å². The molecule has 0 aliphatic heterocycles. The maximum Gasteiger partial charge on any atom is 0.243 e. The second-order valence-electron chi connectivity index (χ2n) is 6.35. The number of carbonyl (C=O) groups excluding carboxylic acids is 2. The van der Waals surface area contributed by atoms with Crippen molar-refractivity contribution in [1.82, 2.24) is 5.32 Å². The summed E-state index contributed by atoms with van der Waals surface area (Å²) in [5.74, 6) is -0.534. The Morgan fingerprint density at radius 1 is 1.24 bits per heavy atom. The van der Waals surface area contributed by atoms with E-state index in [2.05, 4.69) is 30.5 Å². The van der Waals surface area contributed by atoms with Crippen molar-refractivity contribution >= 4 is 41.7 Å². The topological polar surface area (TPSA) is 84.2 Å². The van der Waals surface area contributed by atoms with E-state index in [0.717, 1.165) is 17.7 Å². The van der Waals surface area contributed by atoms with Gasteiger partial charge in [-0.3, -0.25) is 9.59 Å². The number of carbonyl (C=O) groups is 2. The van der Waals surface area contributed by atoms with Crippen molar-refractivity contribution in [2.24, 2.45) is 11.7 Å².